The molecule has 0 saturated heterocycles. The molecule has 0 fully saturated rings. The van der Waals surface area contributed by atoms with Gasteiger partial charge >= 0.3 is 0 Å². The molecule has 0 aliphatic carbocycles. The molecule has 0 saturated carbocycles. The van der Waals surface area contributed by atoms with Gasteiger partial charge in [0.15, 0.2) is 11.5 Å². The summed E-state index contributed by atoms with van der Waals surface area (Å²) in [5.74, 6) is -6.00. The van der Waals surface area contributed by atoms with Gasteiger partial charge in [-0.3, -0.25) is 4.79 Å². The van der Waals surface area contributed by atoms with Crippen LogP contribution in [0.2, 0.25) is 0 Å². The molecule has 0 radical (unpaired) electrons. The third kappa shape index (κ3) is 1.91. The lowest BCUT2D eigenvalue weighted by Gasteiger charge is -2.10. The summed E-state index contributed by atoms with van der Waals surface area (Å²) < 4.78 is 0. The summed E-state index contributed by atoms with van der Waals surface area (Å²) in [5.41, 5.74) is -1.10. The third-order valence-corrected chi connectivity index (χ3v) is 2.72. The number of ketones is 1. The minimum atomic E-state index is -1.08. The van der Waals surface area contributed by atoms with Crippen LogP contribution >= 0.6 is 0 Å². The average molecular weight is 278 g/mol. The monoisotopic (exact) mass is 278 g/mol. The van der Waals surface area contributed by atoms with Gasteiger partial charge in [-0.15, -0.1) is 0 Å². The molecule has 7 heteroatoms. The molecule has 2 aromatic rings. The minimum Gasteiger partial charge on any atom is -0.507 e. The van der Waals surface area contributed by atoms with E-state index in [2.05, 4.69) is 0 Å². The molecule has 0 unspecified atom stereocenters. The Morgan fingerprint density at radius 2 is 1.30 bits per heavy atom. The fourth-order valence-corrected chi connectivity index (χ4v) is 1.70. The van der Waals surface area contributed by atoms with E-state index in [0.29, 0.717) is 6.07 Å². The highest BCUT2D eigenvalue weighted by Crippen LogP contribution is 2.45. The summed E-state index contributed by atoms with van der Waals surface area (Å²) >= 11 is 0. The maximum atomic E-state index is 12.1. The smallest absolute Gasteiger partial charge is 0.205 e. The second kappa shape index (κ2) is 4.54. The number of benzene rings is 2. The first-order chi connectivity index (χ1) is 9.34. The molecule has 2 aromatic carbocycles. The number of rotatable bonds is 2. The first-order valence-electron chi connectivity index (χ1n) is 5.37. The fourth-order valence-electron chi connectivity index (χ4n) is 1.70. The molecule has 0 bridgehead atoms. The number of phenolic OH excluding ortho intramolecular Hbond substituents is 6. The number of carbonyl (C=O) groups is 1. The predicted octanol–water partition coefficient (Wildman–Crippen LogP) is 1.15. The summed E-state index contributed by atoms with van der Waals surface area (Å²) in [6.07, 6.45) is 0. The van der Waals surface area contributed by atoms with Gasteiger partial charge in [0.05, 0.1) is 5.56 Å². The highest BCUT2D eigenvalue weighted by molar-refractivity contribution is 6.14. The van der Waals surface area contributed by atoms with E-state index in [1.807, 2.05) is 0 Å². The van der Waals surface area contributed by atoms with Crippen LogP contribution in [-0.2, 0) is 0 Å². The van der Waals surface area contributed by atoms with E-state index in [-0.39, 0.29) is 0 Å². The molecule has 0 spiro atoms. The second-order valence-electron chi connectivity index (χ2n) is 3.99. The fraction of sp³-hybridized carbons (Fsp3) is 0. The van der Waals surface area contributed by atoms with Crippen molar-refractivity contribution in [2.24, 2.45) is 0 Å². The van der Waals surface area contributed by atoms with E-state index >= 15 is 0 Å². The molecule has 104 valence electrons. The van der Waals surface area contributed by atoms with Crippen LogP contribution in [0.15, 0.2) is 24.3 Å². The quantitative estimate of drug-likeness (QED) is 0.275. The highest BCUT2D eigenvalue weighted by atomic mass is 16.3. The van der Waals surface area contributed by atoms with Crippen LogP contribution < -0.4 is 0 Å². The normalized spacial score (nSPS) is 10.4. The lowest BCUT2D eigenvalue weighted by Crippen LogP contribution is -2.03. The molecule has 2 rings (SSSR count). The molecule has 0 aliphatic heterocycles. The van der Waals surface area contributed by atoms with Crippen LogP contribution in [0.3, 0.4) is 0 Å². The van der Waals surface area contributed by atoms with Gasteiger partial charge in [0, 0.05) is 0 Å². The summed E-state index contributed by atoms with van der Waals surface area (Å²) in [6, 6.07) is 4.29. The molecule has 0 aromatic heterocycles. The Morgan fingerprint density at radius 1 is 0.750 bits per heavy atom. The van der Waals surface area contributed by atoms with E-state index in [1.54, 1.807) is 0 Å². The Balaban J connectivity index is 2.66. The first kappa shape index (κ1) is 13.3. The number of hydrogen-bond acceptors (Lipinski definition) is 7. The van der Waals surface area contributed by atoms with Crippen molar-refractivity contribution in [1.82, 2.24) is 0 Å². The summed E-state index contributed by atoms with van der Waals surface area (Å²) in [4.78, 5) is 12.1. The number of aromatic hydroxyl groups is 6. The van der Waals surface area contributed by atoms with Crippen molar-refractivity contribution in [1.29, 1.82) is 0 Å². The Kier molecular flexibility index (Phi) is 3.03. The largest absolute Gasteiger partial charge is 0.507 e. The summed E-state index contributed by atoms with van der Waals surface area (Å²) in [5, 5.41) is 56.7. The molecule has 6 N–H and O–H groups in total. The maximum absolute atomic E-state index is 12.1. The van der Waals surface area contributed by atoms with Crippen molar-refractivity contribution >= 4 is 5.78 Å². The molecule has 0 aliphatic rings. The standard InChI is InChI=1S/C13H10O7/c14-6-2-1-3-7(15)9(6)10(17)5-4-8(16)12(19)13(20)11(5)18/h1-4,14-16,18-20H. The van der Waals surface area contributed by atoms with Crippen molar-refractivity contribution in [2.45, 2.75) is 0 Å². The predicted molar refractivity (Wildman–Crippen MR) is 66.3 cm³/mol. The first-order valence-corrected chi connectivity index (χ1v) is 5.37. The van der Waals surface area contributed by atoms with E-state index in [9.17, 15) is 35.4 Å². The van der Waals surface area contributed by atoms with Crippen molar-refractivity contribution < 1.29 is 35.4 Å². The average Bonchev–Trinajstić information content (AvgIpc) is 2.40. The van der Waals surface area contributed by atoms with Crippen LogP contribution in [0.1, 0.15) is 15.9 Å². The maximum Gasteiger partial charge on any atom is 0.205 e. The van der Waals surface area contributed by atoms with Gasteiger partial charge in [-0.05, 0) is 18.2 Å². The molecular weight excluding hydrogens is 268 g/mol. The van der Waals surface area contributed by atoms with Crippen LogP contribution in [0.25, 0.3) is 0 Å². The van der Waals surface area contributed by atoms with Gasteiger partial charge in [0.2, 0.25) is 17.3 Å². The molecule has 20 heavy (non-hydrogen) atoms. The van der Waals surface area contributed by atoms with Crippen LogP contribution in [0, 0.1) is 0 Å². The Morgan fingerprint density at radius 3 is 1.85 bits per heavy atom. The van der Waals surface area contributed by atoms with Crippen LogP contribution in [0.4, 0.5) is 0 Å². The van der Waals surface area contributed by atoms with Crippen molar-refractivity contribution in [3.05, 3.63) is 35.4 Å². The summed E-state index contributed by atoms with van der Waals surface area (Å²) in [6.45, 7) is 0. The van der Waals surface area contributed by atoms with Crippen molar-refractivity contribution in [3.8, 4) is 34.5 Å². The van der Waals surface area contributed by atoms with Gasteiger partial charge in [0.1, 0.15) is 17.1 Å². The Hall–Kier alpha value is -3.09. The SMILES string of the molecule is O=C(c1cc(O)c(O)c(O)c1O)c1c(O)cccc1O. The van der Waals surface area contributed by atoms with Gasteiger partial charge in [-0.25, -0.2) is 0 Å². The van der Waals surface area contributed by atoms with E-state index in [4.69, 9.17) is 0 Å². The van der Waals surface area contributed by atoms with Crippen LogP contribution in [0.5, 0.6) is 34.5 Å². The van der Waals surface area contributed by atoms with E-state index < -0.39 is 51.4 Å². The van der Waals surface area contributed by atoms with E-state index in [1.165, 1.54) is 6.07 Å². The molecular formula is C13H10O7. The Bertz CT molecular complexity index is 686. The zero-order chi connectivity index (χ0) is 15.0. The Labute approximate surface area is 112 Å². The number of carbonyl (C=O) groups excluding carboxylic acids is 1. The third-order valence-electron chi connectivity index (χ3n) is 2.72. The number of phenols is 6. The van der Waals surface area contributed by atoms with Crippen molar-refractivity contribution in [2.75, 3.05) is 0 Å². The second-order valence-corrected chi connectivity index (χ2v) is 3.99. The van der Waals surface area contributed by atoms with Gasteiger partial charge in [0.25, 0.3) is 0 Å². The molecule has 7 nitrogen and oxygen atoms in total. The molecule has 0 atom stereocenters. The molecule has 0 amide bonds. The lowest BCUT2D eigenvalue weighted by atomic mass is 9.99. The van der Waals surface area contributed by atoms with Gasteiger partial charge < -0.3 is 30.6 Å². The molecule has 0 heterocycles. The lowest BCUT2D eigenvalue weighted by molar-refractivity contribution is 0.103. The summed E-state index contributed by atoms with van der Waals surface area (Å²) in [7, 11) is 0. The van der Waals surface area contributed by atoms with E-state index in [0.717, 1.165) is 12.1 Å². The number of hydrogen-bond donors (Lipinski definition) is 6. The van der Waals surface area contributed by atoms with Crippen molar-refractivity contribution in [3.63, 3.8) is 0 Å². The van der Waals surface area contributed by atoms with Gasteiger partial charge in [-0.1, -0.05) is 6.07 Å². The highest BCUT2D eigenvalue weighted by Gasteiger charge is 2.25. The minimum absolute atomic E-state index is 0.507. The van der Waals surface area contributed by atoms with Gasteiger partial charge in [-0.2, -0.15) is 0 Å². The zero-order valence-electron chi connectivity index (χ0n) is 9.90. The van der Waals surface area contributed by atoms with Crippen LogP contribution in [-0.4, -0.2) is 36.4 Å². The zero-order valence-corrected chi connectivity index (χ0v) is 9.90. The topological polar surface area (TPSA) is 138 Å².